The minimum atomic E-state index is -0.188. The minimum Gasteiger partial charge on any atom is -0.367 e. The Kier molecular flexibility index (Phi) is 5.36. The van der Waals surface area contributed by atoms with Crippen molar-refractivity contribution in [2.45, 2.75) is 38.1 Å². The highest BCUT2D eigenvalue weighted by molar-refractivity contribution is 6.30. The number of amides is 1. The van der Waals surface area contributed by atoms with Crippen LogP contribution in [-0.2, 0) is 11.3 Å². The van der Waals surface area contributed by atoms with E-state index in [1.807, 2.05) is 4.90 Å². The van der Waals surface area contributed by atoms with E-state index in [4.69, 9.17) is 16.1 Å². The average molecular weight is 481 g/mol. The Bertz CT molecular complexity index is 1270. The lowest BCUT2D eigenvalue weighted by atomic mass is 10.1. The van der Waals surface area contributed by atoms with Gasteiger partial charge in [0, 0.05) is 55.8 Å². The monoisotopic (exact) mass is 480 g/mol. The fourth-order valence-corrected chi connectivity index (χ4v) is 4.61. The van der Waals surface area contributed by atoms with Gasteiger partial charge < -0.3 is 14.3 Å². The zero-order valence-corrected chi connectivity index (χ0v) is 19.4. The molecule has 0 N–H and O–H groups in total. The summed E-state index contributed by atoms with van der Waals surface area (Å²) < 4.78 is 7.12. The van der Waals surface area contributed by atoms with E-state index in [0.29, 0.717) is 48.5 Å². The summed E-state index contributed by atoms with van der Waals surface area (Å²) in [5.74, 6) is 1.65. The lowest BCUT2D eigenvalue weighted by molar-refractivity contribution is -0.132. The largest absolute Gasteiger partial charge is 0.367 e. The first-order valence-electron chi connectivity index (χ1n) is 11.8. The molecule has 1 amide bonds. The normalized spacial score (nSPS) is 18.4. The molecule has 6 rings (SSSR count). The summed E-state index contributed by atoms with van der Waals surface area (Å²) >= 11 is 5.99. The molecule has 0 aromatic carbocycles. The Balaban J connectivity index is 1.21. The van der Waals surface area contributed by atoms with Crippen LogP contribution in [0.2, 0.25) is 5.02 Å². The summed E-state index contributed by atoms with van der Waals surface area (Å²) in [5.41, 5.74) is 2.71. The van der Waals surface area contributed by atoms with Gasteiger partial charge in [-0.1, -0.05) is 16.8 Å². The summed E-state index contributed by atoms with van der Waals surface area (Å²) in [6.07, 6.45) is 7.43. The molecule has 2 saturated carbocycles. The number of hydrogen-bond acceptors (Lipinski definition) is 7. The maximum Gasteiger partial charge on any atom is 0.269 e. The molecule has 3 aromatic heterocycles. The molecule has 3 aromatic rings. The summed E-state index contributed by atoms with van der Waals surface area (Å²) in [4.78, 5) is 33.7. The molecule has 3 aliphatic rings. The van der Waals surface area contributed by atoms with Crippen LogP contribution < -0.4 is 10.5 Å². The van der Waals surface area contributed by atoms with Crippen LogP contribution in [0, 0.1) is 5.92 Å². The predicted molar refractivity (Wildman–Crippen MR) is 126 cm³/mol. The van der Waals surface area contributed by atoms with E-state index in [2.05, 4.69) is 20.1 Å². The molecule has 4 heterocycles. The second-order valence-electron chi connectivity index (χ2n) is 9.31. The number of halogens is 1. The Labute approximate surface area is 201 Å². The third-order valence-electron chi connectivity index (χ3n) is 6.78. The average Bonchev–Trinajstić information content (AvgIpc) is 3.79. The fourth-order valence-electron chi connectivity index (χ4n) is 4.50. The zero-order chi connectivity index (χ0) is 23.2. The van der Waals surface area contributed by atoms with Gasteiger partial charge >= 0.3 is 0 Å². The van der Waals surface area contributed by atoms with Gasteiger partial charge in [0.25, 0.3) is 5.56 Å². The number of hydrogen-bond donors (Lipinski definition) is 0. The van der Waals surface area contributed by atoms with E-state index >= 15 is 0 Å². The molecular formula is C24H25ClN6O3. The van der Waals surface area contributed by atoms with E-state index in [0.717, 1.165) is 42.7 Å². The van der Waals surface area contributed by atoms with E-state index in [1.165, 1.54) is 4.68 Å². The number of rotatable bonds is 6. The molecule has 2 aliphatic carbocycles. The molecule has 0 bridgehead atoms. The Morgan fingerprint density at radius 3 is 2.53 bits per heavy atom. The van der Waals surface area contributed by atoms with E-state index in [9.17, 15) is 9.59 Å². The highest BCUT2D eigenvalue weighted by atomic mass is 35.5. The molecule has 0 radical (unpaired) electrons. The number of nitrogens with zero attached hydrogens (tertiary/aromatic N) is 6. The SMILES string of the molecule is O=C(C1CC1)N1CCN(c2cnn(Cc3c(-c4ccc(Cl)cn4)noc3C3CC3)c(=O)c2)CC1. The number of carbonyl (C=O) groups excluding carboxylic acids is 1. The Morgan fingerprint density at radius 1 is 1.09 bits per heavy atom. The molecule has 1 aliphatic heterocycles. The molecule has 9 nitrogen and oxygen atoms in total. The van der Waals surface area contributed by atoms with Crippen molar-refractivity contribution < 1.29 is 9.32 Å². The maximum absolute atomic E-state index is 13.0. The van der Waals surface area contributed by atoms with Gasteiger partial charge in [-0.25, -0.2) is 4.68 Å². The van der Waals surface area contributed by atoms with Crippen molar-refractivity contribution in [2.24, 2.45) is 5.92 Å². The van der Waals surface area contributed by atoms with Crippen LogP contribution in [0.15, 0.2) is 39.9 Å². The van der Waals surface area contributed by atoms with Gasteiger partial charge in [0.2, 0.25) is 5.91 Å². The predicted octanol–water partition coefficient (Wildman–Crippen LogP) is 2.93. The van der Waals surface area contributed by atoms with Gasteiger partial charge in [0.15, 0.2) is 0 Å². The third kappa shape index (κ3) is 4.20. The molecule has 34 heavy (non-hydrogen) atoms. The van der Waals surface area contributed by atoms with Crippen LogP contribution in [0.3, 0.4) is 0 Å². The maximum atomic E-state index is 13.0. The lowest BCUT2D eigenvalue weighted by Crippen LogP contribution is -2.49. The van der Waals surface area contributed by atoms with Gasteiger partial charge in [-0.15, -0.1) is 0 Å². The van der Waals surface area contributed by atoms with Crippen molar-refractivity contribution in [1.29, 1.82) is 0 Å². The lowest BCUT2D eigenvalue weighted by Gasteiger charge is -2.36. The second kappa shape index (κ2) is 8.54. The van der Waals surface area contributed by atoms with E-state index in [-0.39, 0.29) is 23.9 Å². The van der Waals surface area contributed by atoms with Crippen LogP contribution in [0.25, 0.3) is 11.4 Å². The quantitative estimate of drug-likeness (QED) is 0.535. The molecule has 10 heteroatoms. The van der Waals surface area contributed by atoms with Gasteiger partial charge in [-0.05, 0) is 37.8 Å². The molecular weight excluding hydrogens is 456 g/mol. The smallest absolute Gasteiger partial charge is 0.269 e. The molecule has 0 atom stereocenters. The summed E-state index contributed by atoms with van der Waals surface area (Å²) in [7, 11) is 0. The molecule has 0 unspecified atom stereocenters. The Morgan fingerprint density at radius 2 is 1.88 bits per heavy atom. The highest BCUT2D eigenvalue weighted by Crippen LogP contribution is 2.44. The minimum absolute atomic E-state index is 0.188. The highest BCUT2D eigenvalue weighted by Gasteiger charge is 2.35. The van der Waals surface area contributed by atoms with Crippen LogP contribution in [0.4, 0.5) is 5.69 Å². The number of piperazine rings is 1. The number of aromatic nitrogens is 4. The van der Waals surface area contributed by atoms with Crippen LogP contribution in [-0.4, -0.2) is 56.9 Å². The summed E-state index contributed by atoms with van der Waals surface area (Å²) in [6.45, 7) is 3.03. The number of carbonyl (C=O) groups is 1. The van der Waals surface area contributed by atoms with Crippen molar-refractivity contribution in [1.82, 2.24) is 24.8 Å². The first-order valence-corrected chi connectivity index (χ1v) is 12.2. The van der Waals surface area contributed by atoms with Crippen molar-refractivity contribution in [3.05, 3.63) is 57.3 Å². The van der Waals surface area contributed by atoms with Crippen LogP contribution in [0.5, 0.6) is 0 Å². The molecule has 0 spiro atoms. The van der Waals surface area contributed by atoms with Gasteiger partial charge in [-0.2, -0.15) is 5.10 Å². The molecule has 1 saturated heterocycles. The van der Waals surface area contributed by atoms with E-state index in [1.54, 1.807) is 30.6 Å². The fraction of sp³-hybridized carbons (Fsp3) is 0.458. The van der Waals surface area contributed by atoms with Gasteiger partial charge in [-0.3, -0.25) is 14.6 Å². The van der Waals surface area contributed by atoms with Crippen molar-refractivity contribution in [2.75, 3.05) is 31.1 Å². The second-order valence-corrected chi connectivity index (χ2v) is 9.74. The zero-order valence-electron chi connectivity index (χ0n) is 18.7. The Hall–Kier alpha value is -3.20. The standard InChI is InChI=1S/C24H25ClN6O3/c25-17-5-6-20(26-12-17)22-19(23(34-28-22)15-1-2-15)14-31-21(32)11-18(13-27-31)29-7-9-30(10-8-29)24(33)16-3-4-16/h5-6,11-13,15-16H,1-4,7-10,14H2. The summed E-state index contributed by atoms with van der Waals surface area (Å²) in [6, 6.07) is 5.18. The topological polar surface area (TPSA) is 97.4 Å². The van der Waals surface area contributed by atoms with Crippen molar-refractivity contribution in [3.63, 3.8) is 0 Å². The van der Waals surface area contributed by atoms with Crippen molar-refractivity contribution in [3.8, 4) is 11.4 Å². The first kappa shape index (κ1) is 21.3. The molecule has 176 valence electrons. The summed E-state index contributed by atoms with van der Waals surface area (Å²) in [5, 5.41) is 9.27. The third-order valence-corrected chi connectivity index (χ3v) is 7.01. The van der Waals surface area contributed by atoms with Gasteiger partial charge in [0.05, 0.1) is 29.1 Å². The number of pyridine rings is 1. The molecule has 3 fully saturated rings. The van der Waals surface area contributed by atoms with Crippen LogP contribution >= 0.6 is 11.6 Å². The number of anilines is 1. The first-order chi connectivity index (χ1) is 16.6. The van der Waals surface area contributed by atoms with Crippen molar-refractivity contribution >= 4 is 23.2 Å². The van der Waals surface area contributed by atoms with E-state index < -0.39 is 0 Å². The van der Waals surface area contributed by atoms with Crippen LogP contribution in [0.1, 0.15) is 42.9 Å². The van der Waals surface area contributed by atoms with Gasteiger partial charge in [0.1, 0.15) is 11.5 Å².